The monoisotopic (exact) mass is 302 g/mol. The maximum Gasteiger partial charge on any atom is 0.252 e. The fourth-order valence-corrected chi connectivity index (χ4v) is 3.65. The third-order valence-electron chi connectivity index (χ3n) is 3.48. The molecule has 0 radical (unpaired) electrons. The molecule has 19 heavy (non-hydrogen) atoms. The number of thiophene rings is 1. The molecule has 2 rings (SSSR count). The smallest absolute Gasteiger partial charge is 0.252 e. The van der Waals surface area contributed by atoms with Crippen LogP contribution in [0.2, 0.25) is 0 Å². The number of carbonyl (C=O) groups is 1. The van der Waals surface area contributed by atoms with Crippen LogP contribution in [0, 0.1) is 5.92 Å². The lowest BCUT2D eigenvalue weighted by Gasteiger charge is -2.18. The molecule has 1 heterocycles. The van der Waals surface area contributed by atoms with Crippen LogP contribution in [0.3, 0.4) is 0 Å². The Morgan fingerprint density at radius 2 is 2.26 bits per heavy atom. The molecule has 1 aromatic heterocycles. The summed E-state index contributed by atoms with van der Waals surface area (Å²) >= 11 is 1.75. The first-order chi connectivity index (χ1) is 8.72. The van der Waals surface area contributed by atoms with Crippen molar-refractivity contribution >= 4 is 29.7 Å². The van der Waals surface area contributed by atoms with E-state index < -0.39 is 0 Å². The van der Waals surface area contributed by atoms with E-state index in [2.05, 4.69) is 24.5 Å². The summed E-state index contributed by atoms with van der Waals surface area (Å²) in [5, 5.41) is 8.22. The molecule has 108 valence electrons. The third-order valence-corrected chi connectivity index (χ3v) is 4.53. The lowest BCUT2D eigenvalue weighted by Crippen LogP contribution is -2.32. The zero-order chi connectivity index (χ0) is 13.0. The van der Waals surface area contributed by atoms with E-state index in [1.165, 1.54) is 16.9 Å². The van der Waals surface area contributed by atoms with Crippen LogP contribution >= 0.6 is 23.7 Å². The van der Waals surface area contributed by atoms with E-state index in [0.717, 1.165) is 37.4 Å². The Bertz CT molecular complexity index is 420. The van der Waals surface area contributed by atoms with Gasteiger partial charge in [-0.3, -0.25) is 4.79 Å². The van der Waals surface area contributed by atoms with Crippen LogP contribution in [0.25, 0.3) is 0 Å². The Morgan fingerprint density at radius 3 is 3.00 bits per heavy atom. The first-order valence-electron chi connectivity index (χ1n) is 6.80. The highest BCUT2D eigenvalue weighted by molar-refractivity contribution is 7.10. The van der Waals surface area contributed by atoms with Crippen molar-refractivity contribution in [3.8, 4) is 0 Å². The number of likely N-dealkylation sites (N-methyl/N-ethyl adjacent to an activating group) is 1. The molecule has 0 aliphatic heterocycles. The lowest BCUT2D eigenvalue weighted by molar-refractivity contribution is 0.0953. The summed E-state index contributed by atoms with van der Waals surface area (Å²) in [5.41, 5.74) is 2.22. The van der Waals surface area contributed by atoms with Crippen LogP contribution in [0.5, 0.6) is 0 Å². The lowest BCUT2D eigenvalue weighted by atomic mass is 9.88. The van der Waals surface area contributed by atoms with Crippen LogP contribution in [0.15, 0.2) is 5.38 Å². The van der Waals surface area contributed by atoms with Gasteiger partial charge in [0.1, 0.15) is 0 Å². The fraction of sp³-hybridized carbons (Fsp3) is 0.643. The predicted octanol–water partition coefficient (Wildman–Crippen LogP) is 2.63. The second-order valence-electron chi connectivity index (χ2n) is 5.01. The van der Waals surface area contributed by atoms with Crippen molar-refractivity contribution in [3.05, 3.63) is 21.4 Å². The maximum atomic E-state index is 12.1. The minimum absolute atomic E-state index is 0. The molecule has 0 saturated heterocycles. The van der Waals surface area contributed by atoms with E-state index in [0.29, 0.717) is 6.54 Å². The second kappa shape index (κ2) is 7.88. The van der Waals surface area contributed by atoms with Crippen molar-refractivity contribution in [3.63, 3.8) is 0 Å². The standard InChI is InChI=1S/C14H22N2OS.ClH/c1-3-15-6-7-16-14(17)12-9-18-13-8-10(2)4-5-11(12)13;/h9-10,15H,3-8H2,1-2H3,(H,16,17);1H. The van der Waals surface area contributed by atoms with Crippen LogP contribution in [0.4, 0.5) is 0 Å². The average molecular weight is 303 g/mol. The molecule has 1 atom stereocenters. The quantitative estimate of drug-likeness (QED) is 0.821. The summed E-state index contributed by atoms with van der Waals surface area (Å²) < 4.78 is 0. The third kappa shape index (κ3) is 4.20. The van der Waals surface area contributed by atoms with Crippen LogP contribution in [-0.2, 0) is 12.8 Å². The van der Waals surface area contributed by atoms with Crippen molar-refractivity contribution in [2.75, 3.05) is 19.6 Å². The molecule has 0 aromatic carbocycles. The van der Waals surface area contributed by atoms with Gasteiger partial charge in [-0.1, -0.05) is 13.8 Å². The van der Waals surface area contributed by atoms with Gasteiger partial charge in [0.25, 0.3) is 5.91 Å². The molecule has 0 bridgehead atoms. The van der Waals surface area contributed by atoms with Crippen molar-refractivity contribution in [1.29, 1.82) is 0 Å². The van der Waals surface area contributed by atoms with Crippen molar-refractivity contribution in [2.45, 2.75) is 33.1 Å². The Labute approximate surface area is 125 Å². The van der Waals surface area contributed by atoms with Crippen LogP contribution in [0.1, 0.15) is 41.1 Å². The molecule has 1 aliphatic carbocycles. The van der Waals surface area contributed by atoms with E-state index in [-0.39, 0.29) is 18.3 Å². The molecule has 2 N–H and O–H groups in total. The van der Waals surface area contributed by atoms with Gasteiger partial charge in [0, 0.05) is 23.3 Å². The summed E-state index contributed by atoms with van der Waals surface area (Å²) in [4.78, 5) is 13.5. The molecular weight excluding hydrogens is 280 g/mol. The largest absolute Gasteiger partial charge is 0.351 e. The molecule has 1 amide bonds. The van der Waals surface area contributed by atoms with Gasteiger partial charge in [-0.25, -0.2) is 0 Å². The van der Waals surface area contributed by atoms with Crippen molar-refractivity contribution in [1.82, 2.24) is 10.6 Å². The number of fused-ring (bicyclic) bond motifs is 1. The van der Waals surface area contributed by atoms with Crippen LogP contribution in [-0.4, -0.2) is 25.5 Å². The number of amides is 1. The highest BCUT2D eigenvalue weighted by Gasteiger charge is 2.22. The van der Waals surface area contributed by atoms with Crippen LogP contribution < -0.4 is 10.6 Å². The summed E-state index contributed by atoms with van der Waals surface area (Å²) in [6.45, 7) is 6.85. The zero-order valence-electron chi connectivity index (χ0n) is 11.6. The molecule has 0 fully saturated rings. The number of nitrogens with one attached hydrogen (secondary N) is 2. The molecule has 0 spiro atoms. The van der Waals surface area contributed by atoms with Gasteiger partial charge in [-0.2, -0.15) is 0 Å². The molecule has 0 saturated carbocycles. The Balaban J connectivity index is 0.00000180. The normalized spacial score (nSPS) is 17.5. The Kier molecular flexibility index (Phi) is 6.83. The van der Waals surface area contributed by atoms with E-state index in [1.54, 1.807) is 11.3 Å². The van der Waals surface area contributed by atoms with Gasteiger partial charge in [0.2, 0.25) is 0 Å². The van der Waals surface area contributed by atoms with E-state index in [9.17, 15) is 4.79 Å². The molecular formula is C14H23ClN2OS. The number of carbonyl (C=O) groups excluding carboxylic acids is 1. The average Bonchev–Trinajstić information content (AvgIpc) is 2.77. The summed E-state index contributed by atoms with van der Waals surface area (Å²) in [6.07, 6.45) is 3.42. The number of hydrogen-bond donors (Lipinski definition) is 2. The minimum Gasteiger partial charge on any atom is -0.351 e. The van der Waals surface area contributed by atoms with E-state index in [4.69, 9.17) is 0 Å². The van der Waals surface area contributed by atoms with Crippen molar-refractivity contribution in [2.24, 2.45) is 5.92 Å². The van der Waals surface area contributed by atoms with Crippen molar-refractivity contribution < 1.29 is 4.79 Å². The first-order valence-corrected chi connectivity index (χ1v) is 7.68. The fourth-order valence-electron chi connectivity index (χ4n) is 2.40. The summed E-state index contributed by atoms with van der Waals surface area (Å²) in [5.74, 6) is 0.862. The molecule has 1 unspecified atom stereocenters. The molecule has 1 aromatic rings. The van der Waals surface area contributed by atoms with Gasteiger partial charge in [0.15, 0.2) is 0 Å². The van der Waals surface area contributed by atoms with E-state index >= 15 is 0 Å². The minimum atomic E-state index is 0. The number of halogens is 1. The number of rotatable bonds is 5. The molecule has 3 nitrogen and oxygen atoms in total. The zero-order valence-corrected chi connectivity index (χ0v) is 13.3. The summed E-state index contributed by atoms with van der Waals surface area (Å²) in [7, 11) is 0. The van der Waals surface area contributed by atoms with Gasteiger partial charge < -0.3 is 10.6 Å². The number of hydrogen-bond acceptors (Lipinski definition) is 3. The van der Waals surface area contributed by atoms with Gasteiger partial charge in [0.05, 0.1) is 5.56 Å². The van der Waals surface area contributed by atoms with Gasteiger partial charge >= 0.3 is 0 Å². The van der Waals surface area contributed by atoms with Gasteiger partial charge in [-0.15, -0.1) is 23.7 Å². The molecule has 5 heteroatoms. The van der Waals surface area contributed by atoms with E-state index in [1.807, 2.05) is 5.38 Å². The highest BCUT2D eigenvalue weighted by atomic mass is 35.5. The Morgan fingerprint density at radius 1 is 1.47 bits per heavy atom. The Hall–Kier alpha value is -0.580. The topological polar surface area (TPSA) is 41.1 Å². The summed E-state index contributed by atoms with van der Waals surface area (Å²) in [6, 6.07) is 0. The van der Waals surface area contributed by atoms with Gasteiger partial charge in [-0.05, 0) is 37.3 Å². The molecule has 1 aliphatic rings. The first kappa shape index (κ1) is 16.5. The highest BCUT2D eigenvalue weighted by Crippen LogP contribution is 2.32. The second-order valence-corrected chi connectivity index (χ2v) is 5.97. The maximum absolute atomic E-state index is 12.1. The predicted molar refractivity (Wildman–Crippen MR) is 83.6 cm³/mol. The SMILES string of the molecule is CCNCCNC(=O)c1csc2c1CCC(C)C2.Cl.